The van der Waals surface area contributed by atoms with Crippen LogP contribution in [-0.2, 0) is 0 Å². The Balaban J connectivity index is 1.99. The van der Waals surface area contributed by atoms with E-state index in [1.165, 1.54) is 18.5 Å². The second kappa shape index (κ2) is 5.11. The van der Waals surface area contributed by atoms with Gasteiger partial charge in [0.25, 0.3) is 0 Å². The molecule has 1 aliphatic rings. The average molecular weight is 256 g/mol. The van der Waals surface area contributed by atoms with Gasteiger partial charge in [-0.05, 0) is 24.3 Å². The van der Waals surface area contributed by atoms with E-state index >= 15 is 0 Å². The molecule has 0 amide bonds. The first-order chi connectivity index (χ1) is 9.28. The van der Waals surface area contributed by atoms with Crippen molar-refractivity contribution >= 4 is 16.9 Å². The van der Waals surface area contributed by atoms with E-state index in [0.717, 1.165) is 36.1 Å². The standard InChI is InChI=1S/C15H20N4/c1-3-12-8-11(2)9-19(10-12)13-4-5-17-15-14(13)16-6-7-18-15/h4-7,11-12H,3,8-10H2,1-2H3/t11-,12+/m0/s1. The smallest absolute Gasteiger partial charge is 0.180 e. The second-order valence-corrected chi connectivity index (χ2v) is 5.58. The fraction of sp³-hybridized carbons (Fsp3) is 0.533. The van der Waals surface area contributed by atoms with Gasteiger partial charge in [0.1, 0.15) is 5.52 Å². The lowest BCUT2D eigenvalue weighted by Gasteiger charge is -2.37. The third-order valence-electron chi connectivity index (χ3n) is 4.02. The molecule has 1 aliphatic heterocycles. The molecular weight excluding hydrogens is 236 g/mol. The Hall–Kier alpha value is -1.71. The maximum atomic E-state index is 4.47. The van der Waals surface area contributed by atoms with Gasteiger partial charge in [-0.3, -0.25) is 0 Å². The second-order valence-electron chi connectivity index (χ2n) is 5.58. The highest BCUT2D eigenvalue weighted by atomic mass is 15.2. The molecule has 1 fully saturated rings. The van der Waals surface area contributed by atoms with Crippen molar-refractivity contribution in [2.75, 3.05) is 18.0 Å². The SMILES string of the molecule is CC[C@@H]1C[C@H](C)CN(c2ccnc3nccnc23)C1. The highest BCUT2D eigenvalue weighted by Crippen LogP contribution is 2.30. The van der Waals surface area contributed by atoms with Crippen molar-refractivity contribution < 1.29 is 0 Å². The van der Waals surface area contributed by atoms with Gasteiger partial charge < -0.3 is 4.90 Å². The van der Waals surface area contributed by atoms with Crippen molar-refractivity contribution in [3.8, 4) is 0 Å². The molecule has 1 saturated heterocycles. The highest BCUT2D eigenvalue weighted by molar-refractivity contribution is 5.85. The van der Waals surface area contributed by atoms with E-state index in [0.29, 0.717) is 0 Å². The van der Waals surface area contributed by atoms with E-state index in [9.17, 15) is 0 Å². The number of rotatable bonds is 2. The van der Waals surface area contributed by atoms with Gasteiger partial charge in [0, 0.05) is 31.7 Å². The zero-order valence-electron chi connectivity index (χ0n) is 11.6. The predicted octanol–water partition coefficient (Wildman–Crippen LogP) is 2.90. The molecule has 2 aromatic rings. The molecule has 2 aromatic heterocycles. The molecule has 0 aliphatic carbocycles. The largest absolute Gasteiger partial charge is 0.369 e. The molecule has 0 saturated carbocycles. The lowest BCUT2D eigenvalue weighted by molar-refractivity contribution is 0.329. The Bertz CT molecular complexity index is 564. The summed E-state index contributed by atoms with van der Waals surface area (Å²) in [6.45, 7) is 6.85. The van der Waals surface area contributed by atoms with Crippen LogP contribution < -0.4 is 4.90 Å². The third-order valence-corrected chi connectivity index (χ3v) is 4.02. The van der Waals surface area contributed by atoms with Crippen LogP contribution in [0, 0.1) is 11.8 Å². The summed E-state index contributed by atoms with van der Waals surface area (Å²) >= 11 is 0. The third kappa shape index (κ3) is 2.39. The Morgan fingerprint density at radius 1 is 1.16 bits per heavy atom. The first kappa shape index (κ1) is 12.3. The molecule has 4 heteroatoms. The first-order valence-electron chi connectivity index (χ1n) is 7.08. The maximum absolute atomic E-state index is 4.47. The summed E-state index contributed by atoms with van der Waals surface area (Å²) in [5.41, 5.74) is 2.85. The van der Waals surface area contributed by atoms with E-state index in [1.54, 1.807) is 12.4 Å². The highest BCUT2D eigenvalue weighted by Gasteiger charge is 2.25. The van der Waals surface area contributed by atoms with Crippen LogP contribution in [0.15, 0.2) is 24.7 Å². The van der Waals surface area contributed by atoms with Gasteiger partial charge in [0.05, 0.1) is 5.69 Å². The number of pyridine rings is 1. The van der Waals surface area contributed by atoms with Crippen LogP contribution in [0.4, 0.5) is 5.69 Å². The summed E-state index contributed by atoms with van der Waals surface area (Å²) < 4.78 is 0. The molecule has 0 bridgehead atoms. The zero-order valence-corrected chi connectivity index (χ0v) is 11.6. The van der Waals surface area contributed by atoms with Gasteiger partial charge in [-0.15, -0.1) is 0 Å². The molecule has 0 radical (unpaired) electrons. The molecule has 100 valence electrons. The van der Waals surface area contributed by atoms with Crippen LogP contribution in [0.2, 0.25) is 0 Å². The van der Waals surface area contributed by atoms with Crippen LogP contribution >= 0.6 is 0 Å². The number of anilines is 1. The summed E-state index contributed by atoms with van der Waals surface area (Å²) in [4.78, 5) is 15.5. The van der Waals surface area contributed by atoms with Crippen LogP contribution in [-0.4, -0.2) is 28.0 Å². The van der Waals surface area contributed by atoms with Crippen LogP contribution in [0.25, 0.3) is 11.2 Å². The van der Waals surface area contributed by atoms with Crippen molar-refractivity contribution in [3.63, 3.8) is 0 Å². The Morgan fingerprint density at radius 2 is 1.95 bits per heavy atom. The minimum absolute atomic E-state index is 0.735. The van der Waals surface area contributed by atoms with Gasteiger partial charge in [-0.2, -0.15) is 0 Å². The molecular formula is C15H20N4. The van der Waals surface area contributed by atoms with Gasteiger partial charge >= 0.3 is 0 Å². The van der Waals surface area contributed by atoms with E-state index in [-0.39, 0.29) is 0 Å². The number of nitrogens with zero attached hydrogens (tertiary/aromatic N) is 4. The number of piperidine rings is 1. The molecule has 0 N–H and O–H groups in total. The van der Waals surface area contributed by atoms with Crippen molar-refractivity contribution in [3.05, 3.63) is 24.7 Å². The van der Waals surface area contributed by atoms with E-state index in [1.807, 2.05) is 6.20 Å². The minimum atomic E-state index is 0.735. The lowest BCUT2D eigenvalue weighted by atomic mass is 9.88. The van der Waals surface area contributed by atoms with Gasteiger partial charge in [0.15, 0.2) is 5.65 Å². The Labute approximate surface area is 113 Å². The van der Waals surface area contributed by atoms with E-state index in [2.05, 4.69) is 39.8 Å². The number of hydrogen-bond donors (Lipinski definition) is 0. The maximum Gasteiger partial charge on any atom is 0.180 e. The van der Waals surface area contributed by atoms with Crippen molar-refractivity contribution in [1.82, 2.24) is 15.0 Å². The van der Waals surface area contributed by atoms with Gasteiger partial charge in [-0.1, -0.05) is 20.3 Å². The predicted molar refractivity (Wildman–Crippen MR) is 77.1 cm³/mol. The molecule has 19 heavy (non-hydrogen) atoms. The Morgan fingerprint density at radius 3 is 2.79 bits per heavy atom. The van der Waals surface area contributed by atoms with E-state index < -0.39 is 0 Å². The van der Waals surface area contributed by atoms with Crippen LogP contribution in [0.5, 0.6) is 0 Å². The monoisotopic (exact) mass is 256 g/mol. The topological polar surface area (TPSA) is 41.9 Å². The average Bonchev–Trinajstić information content (AvgIpc) is 2.46. The first-order valence-corrected chi connectivity index (χ1v) is 7.08. The molecule has 3 heterocycles. The van der Waals surface area contributed by atoms with Crippen LogP contribution in [0.3, 0.4) is 0 Å². The van der Waals surface area contributed by atoms with Gasteiger partial charge in [0.2, 0.25) is 0 Å². The normalized spacial score (nSPS) is 23.8. The molecule has 3 rings (SSSR count). The van der Waals surface area contributed by atoms with Crippen LogP contribution in [0.1, 0.15) is 26.7 Å². The van der Waals surface area contributed by atoms with Crippen molar-refractivity contribution in [2.45, 2.75) is 26.7 Å². The Kier molecular flexibility index (Phi) is 3.32. The summed E-state index contributed by atoms with van der Waals surface area (Å²) in [6, 6.07) is 2.07. The lowest BCUT2D eigenvalue weighted by Crippen LogP contribution is -2.39. The molecule has 0 aromatic carbocycles. The molecule has 0 unspecified atom stereocenters. The molecule has 0 spiro atoms. The summed E-state index contributed by atoms with van der Waals surface area (Å²) in [6.07, 6.45) is 7.87. The zero-order chi connectivity index (χ0) is 13.2. The fourth-order valence-electron chi connectivity index (χ4n) is 3.09. The van der Waals surface area contributed by atoms with Crippen molar-refractivity contribution in [1.29, 1.82) is 0 Å². The number of fused-ring (bicyclic) bond motifs is 1. The van der Waals surface area contributed by atoms with Gasteiger partial charge in [-0.25, -0.2) is 15.0 Å². The fourth-order valence-corrected chi connectivity index (χ4v) is 3.09. The summed E-state index contributed by atoms with van der Waals surface area (Å²) in [5.74, 6) is 1.52. The van der Waals surface area contributed by atoms with Crippen molar-refractivity contribution in [2.24, 2.45) is 11.8 Å². The summed E-state index contributed by atoms with van der Waals surface area (Å²) in [5, 5.41) is 0. The minimum Gasteiger partial charge on any atom is -0.369 e. The van der Waals surface area contributed by atoms with E-state index in [4.69, 9.17) is 0 Å². The quantitative estimate of drug-likeness (QED) is 0.828. The summed E-state index contributed by atoms with van der Waals surface area (Å²) in [7, 11) is 0. The number of aromatic nitrogens is 3. The molecule has 2 atom stereocenters. The number of hydrogen-bond acceptors (Lipinski definition) is 4. The molecule has 4 nitrogen and oxygen atoms in total.